The van der Waals surface area contributed by atoms with Crippen LogP contribution in [-0.4, -0.2) is 35.2 Å². The first-order chi connectivity index (χ1) is 11.2. The Morgan fingerprint density at radius 3 is 2.78 bits per heavy atom. The smallest absolute Gasteiger partial charge is 0.187 e. The second-order valence-electron chi connectivity index (χ2n) is 5.95. The summed E-state index contributed by atoms with van der Waals surface area (Å²) in [6.45, 7) is 3.46. The van der Waals surface area contributed by atoms with Crippen LogP contribution < -0.4 is 4.74 Å². The summed E-state index contributed by atoms with van der Waals surface area (Å²) in [7, 11) is 1.68. The maximum Gasteiger partial charge on any atom is 0.187 e. The van der Waals surface area contributed by atoms with E-state index < -0.39 is 5.79 Å². The number of aryl methyl sites for hydroxylation is 1. The average Bonchev–Trinajstić information content (AvgIpc) is 3.24. The third-order valence-electron chi connectivity index (χ3n) is 4.31. The number of imidazole rings is 1. The number of ether oxygens (including phenoxy) is 3. The van der Waals surface area contributed by atoms with E-state index in [0.29, 0.717) is 13.2 Å². The zero-order valence-electron chi connectivity index (χ0n) is 13.8. The van der Waals surface area contributed by atoms with Gasteiger partial charge >= 0.3 is 0 Å². The molecular weight excluding hydrogens is 292 g/mol. The van der Waals surface area contributed by atoms with Crippen LogP contribution in [0.3, 0.4) is 0 Å². The summed E-state index contributed by atoms with van der Waals surface area (Å²) in [6.07, 6.45) is 8.39. The molecule has 5 heteroatoms. The number of rotatable bonds is 7. The molecule has 1 aliphatic rings. The van der Waals surface area contributed by atoms with Crippen molar-refractivity contribution in [1.82, 2.24) is 9.55 Å². The number of methoxy groups -OCH3 is 1. The number of nitrogens with zero attached hydrogens (tertiary/aromatic N) is 2. The molecular formula is C18H24N2O3. The molecule has 1 aromatic heterocycles. The van der Waals surface area contributed by atoms with Crippen molar-refractivity contribution in [2.75, 3.05) is 13.7 Å². The van der Waals surface area contributed by atoms with E-state index in [1.54, 1.807) is 19.6 Å². The second kappa shape index (κ2) is 7.15. The Morgan fingerprint density at radius 2 is 2.17 bits per heavy atom. The lowest BCUT2D eigenvalue weighted by molar-refractivity contribution is -0.182. The van der Waals surface area contributed by atoms with E-state index >= 15 is 0 Å². The van der Waals surface area contributed by atoms with Crippen LogP contribution in [0.15, 0.2) is 43.0 Å². The Kier molecular flexibility index (Phi) is 4.98. The van der Waals surface area contributed by atoms with Gasteiger partial charge in [0.05, 0.1) is 32.7 Å². The van der Waals surface area contributed by atoms with Gasteiger partial charge in [-0.25, -0.2) is 4.98 Å². The number of aromatic nitrogens is 2. The zero-order chi connectivity index (χ0) is 16.1. The van der Waals surface area contributed by atoms with Gasteiger partial charge in [-0.15, -0.1) is 0 Å². The molecule has 1 aromatic carbocycles. The molecule has 1 saturated heterocycles. The lowest BCUT2D eigenvalue weighted by atomic mass is 10.0. The number of hydrogen-bond donors (Lipinski definition) is 0. The Morgan fingerprint density at radius 1 is 1.35 bits per heavy atom. The standard InChI is InChI=1S/C18H24N2O3/c1-3-16-12-22-18(23-16,13-20-11-10-19-14-20)9-8-15-4-6-17(21-2)7-5-15/h4-7,10-11,14,16H,3,8-9,12-13H2,1-2H3. The molecule has 2 unspecified atom stereocenters. The SMILES string of the molecule is CCC1COC(CCc2ccc(OC)cc2)(Cn2ccnc2)O1. The highest BCUT2D eigenvalue weighted by atomic mass is 16.7. The fraction of sp³-hybridized carbons (Fsp3) is 0.500. The molecule has 0 N–H and O–H groups in total. The van der Waals surface area contributed by atoms with Crippen molar-refractivity contribution >= 4 is 0 Å². The molecule has 0 amide bonds. The van der Waals surface area contributed by atoms with Crippen molar-refractivity contribution < 1.29 is 14.2 Å². The first-order valence-corrected chi connectivity index (χ1v) is 8.13. The van der Waals surface area contributed by atoms with E-state index in [0.717, 1.165) is 25.0 Å². The lowest BCUT2D eigenvalue weighted by Gasteiger charge is -2.28. The summed E-state index contributed by atoms with van der Waals surface area (Å²) in [4.78, 5) is 4.11. The quantitative estimate of drug-likeness (QED) is 0.787. The van der Waals surface area contributed by atoms with Crippen LogP contribution in [0.25, 0.3) is 0 Å². The minimum absolute atomic E-state index is 0.175. The molecule has 0 radical (unpaired) electrons. The molecule has 23 heavy (non-hydrogen) atoms. The Labute approximate surface area is 137 Å². The van der Waals surface area contributed by atoms with Gasteiger partial charge in [-0.3, -0.25) is 0 Å². The summed E-state index contributed by atoms with van der Waals surface area (Å²) >= 11 is 0. The van der Waals surface area contributed by atoms with Gasteiger partial charge in [0.1, 0.15) is 5.75 Å². The molecule has 2 heterocycles. The van der Waals surface area contributed by atoms with Crippen LogP contribution in [0.2, 0.25) is 0 Å². The molecule has 0 aliphatic carbocycles. The van der Waals surface area contributed by atoms with E-state index in [1.807, 2.05) is 22.9 Å². The van der Waals surface area contributed by atoms with Gasteiger partial charge in [0.15, 0.2) is 5.79 Å². The van der Waals surface area contributed by atoms with E-state index in [2.05, 4.69) is 24.0 Å². The maximum atomic E-state index is 6.24. The highest BCUT2D eigenvalue weighted by Gasteiger charge is 2.40. The van der Waals surface area contributed by atoms with Gasteiger partial charge < -0.3 is 18.8 Å². The average molecular weight is 316 g/mol. The molecule has 5 nitrogen and oxygen atoms in total. The molecule has 2 aromatic rings. The molecule has 0 spiro atoms. The predicted molar refractivity (Wildman–Crippen MR) is 87.4 cm³/mol. The van der Waals surface area contributed by atoms with E-state index in [1.165, 1.54) is 5.56 Å². The summed E-state index contributed by atoms with van der Waals surface area (Å²) in [5.41, 5.74) is 1.25. The second-order valence-corrected chi connectivity index (χ2v) is 5.95. The van der Waals surface area contributed by atoms with Crippen molar-refractivity contribution in [3.8, 4) is 5.75 Å². The topological polar surface area (TPSA) is 45.5 Å². The van der Waals surface area contributed by atoms with Crippen molar-refractivity contribution in [3.05, 3.63) is 48.5 Å². The molecule has 0 saturated carbocycles. The van der Waals surface area contributed by atoms with Gasteiger partial charge in [0.25, 0.3) is 0 Å². The van der Waals surface area contributed by atoms with Gasteiger partial charge in [0, 0.05) is 18.8 Å². The van der Waals surface area contributed by atoms with Crippen LogP contribution in [0.1, 0.15) is 25.3 Å². The molecule has 1 fully saturated rings. The van der Waals surface area contributed by atoms with Crippen molar-refractivity contribution in [3.63, 3.8) is 0 Å². The first kappa shape index (κ1) is 16.0. The summed E-state index contributed by atoms with van der Waals surface area (Å²) in [5, 5.41) is 0. The van der Waals surface area contributed by atoms with Crippen LogP contribution in [0.4, 0.5) is 0 Å². The summed E-state index contributed by atoms with van der Waals surface area (Å²) in [5.74, 6) is 0.308. The monoisotopic (exact) mass is 316 g/mol. The van der Waals surface area contributed by atoms with Crippen molar-refractivity contribution in [2.24, 2.45) is 0 Å². The van der Waals surface area contributed by atoms with Gasteiger partial charge in [-0.05, 0) is 30.5 Å². The molecule has 3 rings (SSSR count). The molecule has 0 bridgehead atoms. The Hall–Kier alpha value is -1.85. The normalized spacial score (nSPS) is 24.0. The van der Waals surface area contributed by atoms with E-state index in [-0.39, 0.29) is 6.10 Å². The third kappa shape index (κ3) is 3.92. The van der Waals surface area contributed by atoms with Crippen molar-refractivity contribution in [1.29, 1.82) is 0 Å². The van der Waals surface area contributed by atoms with Gasteiger partial charge in [0.2, 0.25) is 0 Å². The number of hydrogen-bond acceptors (Lipinski definition) is 4. The molecule has 1 aliphatic heterocycles. The first-order valence-electron chi connectivity index (χ1n) is 8.13. The molecule has 124 valence electrons. The zero-order valence-corrected chi connectivity index (χ0v) is 13.8. The largest absolute Gasteiger partial charge is 0.497 e. The fourth-order valence-corrected chi connectivity index (χ4v) is 2.90. The predicted octanol–water partition coefficient (Wildman–Crippen LogP) is 3.05. The van der Waals surface area contributed by atoms with Gasteiger partial charge in [-0.1, -0.05) is 19.1 Å². The van der Waals surface area contributed by atoms with E-state index in [9.17, 15) is 0 Å². The number of benzene rings is 1. The van der Waals surface area contributed by atoms with E-state index in [4.69, 9.17) is 14.2 Å². The summed E-state index contributed by atoms with van der Waals surface area (Å²) in [6, 6.07) is 8.16. The third-order valence-corrected chi connectivity index (χ3v) is 4.31. The van der Waals surface area contributed by atoms with Crippen LogP contribution in [0, 0.1) is 0 Å². The minimum Gasteiger partial charge on any atom is -0.497 e. The lowest BCUT2D eigenvalue weighted by Crippen LogP contribution is -2.36. The van der Waals surface area contributed by atoms with Crippen LogP contribution in [0.5, 0.6) is 5.75 Å². The highest BCUT2D eigenvalue weighted by molar-refractivity contribution is 5.27. The highest BCUT2D eigenvalue weighted by Crippen LogP contribution is 2.32. The fourth-order valence-electron chi connectivity index (χ4n) is 2.90. The molecule has 2 atom stereocenters. The minimum atomic E-state index is -0.568. The van der Waals surface area contributed by atoms with Crippen LogP contribution >= 0.6 is 0 Å². The Bertz CT molecular complexity index is 597. The van der Waals surface area contributed by atoms with Crippen molar-refractivity contribution in [2.45, 2.75) is 44.6 Å². The Balaban J connectivity index is 1.68. The van der Waals surface area contributed by atoms with Crippen LogP contribution in [-0.2, 0) is 22.4 Å². The maximum absolute atomic E-state index is 6.24. The summed E-state index contributed by atoms with van der Waals surface area (Å²) < 4.78 is 19.6. The van der Waals surface area contributed by atoms with Gasteiger partial charge in [-0.2, -0.15) is 0 Å².